The van der Waals surface area contributed by atoms with Crippen LogP contribution in [0, 0.1) is 10.1 Å². The van der Waals surface area contributed by atoms with Crippen LogP contribution in [0.25, 0.3) is 0 Å². The molecule has 0 saturated carbocycles. The van der Waals surface area contributed by atoms with Crippen LogP contribution in [0.3, 0.4) is 0 Å². The van der Waals surface area contributed by atoms with Crippen LogP contribution < -0.4 is 9.46 Å². The minimum atomic E-state index is -3.95. The van der Waals surface area contributed by atoms with Crippen LogP contribution in [-0.2, 0) is 16.4 Å². The first kappa shape index (κ1) is 25.8. The summed E-state index contributed by atoms with van der Waals surface area (Å²) in [5.41, 5.74) is 0.500. The van der Waals surface area contributed by atoms with Gasteiger partial charge in [0.1, 0.15) is 5.75 Å². The van der Waals surface area contributed by atoms with E-state index < -0.39 is 14.9 Å². The maximum absolute atomic E-state index is 12.7. The van der Waals surface area contributed by atoms with Gasteiger partial charge in [-0.25, -0.2) is 13.1 Å². The van der Waals surface area contributed by atoms with Crippen LogP contribution in [0.5, 0.6) is 11.5 Å². The number of nitrogens with one attached hydrogen (secondary N) is 1. The van der Waals surface area contributed by atoms with Crippen molar-refractivity contribution in [1.29, 1.82) is 0 Å². The molecule has 0 bridgehead atoms. The molecule has 0 aromatic heterocycles. The molecular weight excluding hydrogens is 558 g/mol. The standard InChI is InChI=1S/C20H13Cl5N2O5S/c21-12-2-1-11(15(22)7-12)5-6-26-33(30,31)14-9-17(24)20(18(25)10-14)32-19-4-3-13(27(28)29)8-16(19)23/h1-4,7-10,26H,5-6H2. The minimum absolute atomic E-state index is 0.0458. The summed E-state index contributed by atoms with van der Waals surface area (Å²) in [6, 6.07) is 10.9. The second-order valence-electron chi connectivity index (χ2n) is 6.57. The molecule has 3 aromatic rings. The smallest absolute Gasteiger partial charge is 0.271 e. The Morgan fingerprint density at radius 2 is 1.55 bits per heavy atom. The second kappa shape index (κ2) is 10.7. The molecule has 3 rings (SSSR count). The highest BCUT2D eigenvalue weighted by molar-refractivity contribution is 7.89. The molecule has 1 N–H and O–H groups in total. The molecule has 0 heterocycles. The lowest BCUT2D eigenvalue weighted by Gasteiger charge is -2.13. The van der Waals surface area contributed by atoms with E-state index in [1.165, 1.54) is 24.3 Å². The summed E-state index contributed by atoms with van der Waals surface area (Å²) in [6.07, 6.45) is 0.330. The van der Waals surface area contributed by atoms with Crippen molar-refractivity contribution in [2.45, 2.75) is 11.3 Å². The summed E-state index contributed by atoms with van der Waals surface area (Å²) in [6.45, 7) is 0.0651. The van der Waals surface area contributed by atoms with E-state index in [4.69, 9.17) is 62.7 Å². The first-order valence-electron chi connectivity index (χ1n) is 9.02. The lowest BCUT2D eigenvalue weighted by atomic mass is 10.1. The highest BCUT2D eigenvalue weighted by Gasteiger charge is 2.21. The Balaban J connectivity index is 1.76. The molecule has 13 heteroatoms. The number of nitro groups is 1. The predicted molar refractivity (Wildman–Crippen MR) is 130 cm³/mol. The van der Waals surface area contributed by atoms with Crippen molar-refractivity contribution in [3.8, 4) is 11.5 Å². The SMILES string of the molecule is O=[N+]([O-])c1ccc(Oc2c(Cl)cc(S(=O)(=O)NCCc3ccc(Cl)cc3Cl)cc2Cl)c(Cl)c1. The molecule has 174 valence electrons. The van der Waals surface area contributed by atoms with Gasteiger partial charge < -0.3 is 4.74 Å². The Kier molecular flexibility index (Phi) is 8.34. The van der Waals surface area contributed by atoms with Gasteiger partial charge in [-0.1, -0.05) is 64.1 Å². The molecule has 0 spiro atoms. The molecule has 0 aliphatic heterocycles. The van der Waals surface area contributed by atoms with Gasteiger partial charge in [-0.05, 0) is 42.3 Å². The third kappa shape index (κ3) is 6.42. The number of nitrogens with zero attached hydrogens (tertiary/aromatic N) is 1. The molecule has 0 atom stereocenters. The van der Waals surface area contributed by atoms with Gasteiger partial charge in [-0.3, -0.25) is 10.1 Å². The number of ether oxygens (including phenoxy) is 1. The number of rotatable bonds is 8. The van der Waals surface area contributed by atoms with E-state index in [0.717, 1.165) is 11.6 Å². The van der Waals surface area contributed by atoms with Crippen LogP contribution in [0.2, 0.25) is 25.1 Å². The average Bonchev–Trinajstić information content (AvgIpc) is 2.73. The zero-order valence-corrected chi connectivity index (χ0v) is 20.9. The van der Waals surface area contributed by atoms with Crippen molar-refractivity contribution in [2.24, 2.45) is 0 Å². The van der Waals surface area contributed by atoms with Crippen LogP contribution in [-0.4, -0.2) is 19.9 Å². The molecule has 0 radical (unpaired) electrons. The quantitative estimate of drug-likeness (QED) is 0.229. The van der Waals surface area contributed by atoms with Crippen molar-refractivity contribution in [3.05, 3.63) is 89.3 Å². The summed E-state index contributed by atoms with van der Waals surface area (Å²) in [4.78, 5) is 10.1. The van der Waals surface area contributed by atoms with Gasteiger partial charge in [0.05, 0.1) is 24.9 Å². The van der Waals surface area contributed by atoms with Gasteiger partial charge in [-0.15, -0.1) is 0 Å². The highest BCUT2D eigenvalue weighted by Crippen LogP contribution is 2.41. The molecule has 0 fully saturated rings. The maximum Gasteiger partial charge on any atom is 0.271 e. The molecule has 0 amide bonds. The zero-order valence-electron chi connectivity index (χ0n) is 16.3. The summed E-state index contributed by atoms with van der Waals surface area (Å²) in [5.74, 6) is 0.000578. The number of benzene rings is 3. The summed E-state index contributed by atoms with van der Waals surface area (Å²) in [5, 5.41) is 11.5. The first-order valence-corrected chi connectivity index (χ1v) is 12.4. The largest absolute Gasteiger partial charge is 0.453 e. The van der Waals surface area contributed by atoms with Gasteiger partial charge >= 0.3 is 0 Å². The number of hydrogen-bond donors (Lipinski definition) is 1. The van der Waals surface area contributed by atoms with Gasteiger partial charge in [0, 0.05) is 28.7 Å². The highest BCUT2D eigenvalue weighted by atomic mass is 35.5. The molecular formula is C20H13Cl5N2O5S. The maximum atomic E-state index is 12.7. The lowest BCUT2D eigenvalue weighted by Crippen LogP contribution is -2.26. The Hall–Kier alpha value is -1.78. The lowest BCUT2D eigenvalue weighted by molar-refractivity contribution is -0.384. The Labute approximate surface area is 214 Å². The Bertz CT molecular complexity index is 1310. The van der Waals surface area contributed by atoms with Gasteiger partial charge in [0.25, 0.3) is 5.69 Å². The molecule has 7 nitrogen and oxygen atoms in total. The monoisotopic (exact) mass is 568 g/mol. The van der Waals surface area contributed by atoms with Crippen molar-refractivity contribution in [2.75, 3.05) is 6.54 Å². The number of non-ortho nitro benzene ring substituents is 1. The fraction of sp³-hybridized carbons (Fsp3) is 0.100. The van der Waals surface area contributed by atoms with Crippen molar-refractivity contribution < 1.29 is 18.1 Å². The van der Waals surface area contributed by atoms with Crippen molar-refractivity contribution in [1.82, 2.24) is 4.72 Å². The molecule has 0 aliphatic rings. The van der Waals surface area contributed by atoms with E-state index in [0.29, 0.717) is 16.5 Å². The second-order valence-corrected chi connectivity index (χ2v) is 10.4. The van der Waals surface area contributed by atoms with Gasteiger partial charge in [0.15, 0.2) is 5.75 Å². The molecule has 3 aromatic carbocycles. The van der Waals surface area contributed by atoms with Crippen LogP contribution in [0.4, 0.5) is 5.69 Å². The van der Waals surface area contributed by atoms with E-state index in [2.05, 4.69) is 4.72 Å². The van der Waals surface area contributed by atoms with Crippen LogP contribution in [0.1, 0.15) is 5.56 Å². The predicted octanol–water partition coefficient (Wildman–Crippen LogP) is 7.18. The fourth-order valence-electron chi connectivity index (χ4n) is 2.71. The number of nitro benzene ring substituents is 1. The van der Waals surface area contributed by atoms with Crippen LogP contribution in [0.15, 0.2) is 53.4 Å². The third-order valence-electron chi connectivity index (χ3n) is 4.32. The molecule has 33 heavy (non-hydrogen) atoms. The number of halogens is 5. The van der Waals surface area contributed by atoms with E-state index in [9.17, 15) is 18.5 Å². The fourth-order valence-corrected chi connectivity index (χ4v) is 5.21. The minimum Gasteiger partial charge on any atom is -0.453 e. The summed E-state index contributed by atoms with van der Waals surface area (Å²) >= 11 is 30.4. The van der Waals surface area contributed by atoms with Crippen molar-refractivity contribution in [3.63, 3.8) is 0 Å². The molecule has 0 aliphatic carbocycles. The van der Waals surface area contributed by atoms with E-state index in [-0.39, 0.29) is 43.7 Å². The van der Waals surface area contributed by atoms with Crippen LogP contribution >= 0.6 is 58.0 Å². The Morgan fingerprint density at radius 3 is 2.12 bits per heavy atom. The van der Waals surface area contributed by atoms with Gasteiger partial charge in [-0.2, -0.15) is 0 Å². The normalized spacial score (nSPS) is 11.4. The van der Waals surface area contributed by atoms with E-state index in [1.54, 1.807) is 18.2 Å². The van der Waals surface area contributed by atoms with Crippen molar-refractivity contribution >= 4 is 73.7 Å². The first-order chi connectivity index (χ1) is 15.5. The molecule has 0 unspecified atom stereocenters. The topological polar surface area (TPSA) is 98.5 Å². The average molecular weight is 571 g/mol. The zero-order chi connectivity index (χ0) is 24.3. The number of hydrogen-bond acceptors (Lipinski definition) is 5. The summed E-state index contributed by atoms with van der Waals surface area (Å²) in [7, 11) is -3.95. The summed E-state index contributed by atoms with van der Waals surface area (Å²) < 4.78 is 33.4. The molecule has 0 saturated heterocycles. The van der Waals surface area contributed by atoms with E-state index >= 15 is 0 Å². The third-order valence-corrected chi connectivity index (χ3v) is 7.21. The van der Waals surface area contributed by atoms with Gasteiger partial charge in [0.2, 0.25) is 10.0 Å². The number of sulfonamides is 1. The van der Waals surface area contributed by atoms with E-state index in [1.807, 2.05) is 0 Å². The Morgan fingerprint density at radius 1 is 0.879 bits per heavy atom.